The zero-order valence-corrected chi connectivity index (χ0v) is 15.3. The highest BCUT2D eigenvalue weighted by molar-refractivity contribution is 9.10. The van der Waals surface area contributed by atoms with Gasteiger partial charge in [0.2, 0.25) is 0 Å². The molecule has 0 aliphatic heterocycles. The van der Waals surface area contributed by atoms with Crippen molar-refractivity contribution >= 4 is 27.7 Å². The maximum absolute atomic E-state index is 12.4. The van der Waals surface area contributed by atoms with E-state index in [4.69, 9.17) is 5.73 Å². The molecule has 0 saturated heterocycles. The minimum absolute atomic E-state index is 0.128. The van der Waals surface area contributed by atoms with Crippen molar-refractivity contribution in [3.63, 3.8) is 0 Å². The van der Waals surface area contributed by atoms with Gasteiger partial charge in [0.05, 0.1) is 5.69 Å². The van der Waals surface area contributed by atoms with Crippen LogP contribution in [0.15, 0.2) is 59.1 Å². The van der Waals surface area contributed by atoms with Crippen molar-refractivity contribution in [2.75, 3.05) is 12.3 Å². The van der Waals surface area contributed by atoms with Crippen molar-refractivity contribution in [1.82, 2.24) is 20.3 Å². The van der Waals surface area contributed by atoms with Gasteiger partial charge in [-0.1, -0.05) is 58.4 Å². The predicted molar refractivity (Wildman–Crippen MR) is 101 cm³/mol. The third-order valence-corrected chi connectivity index (χ3v) is 4.46. The Morgan fingerprint density at radius 2 is 1.88 bits per heavy atom. The van der Waals surface area contributed by atoms with E-state index in [0.717, 1.165) is 15.7 Å². The van der Waals surface area contributed by atoms with E-state index in [2.05, 4.69) is 38.5 Å². The molecule has 1 aromatic heterocycles. The summed E-state index contributed by atoms with van der Waals surface area (Å²) < 4.78 is 2.39. The summed E-state index contributed by atoms with van der Waals surface area (Å²) in [4.78, 5) is 12.4. The molecular formula is C18H18BrN5O. The summed E-state index contributed by atoms with van der Waals surface area (Å²) >= 11 is 3.38. The molecule has 0 spiro atoms. The van der Waals surface area contributed by atoms with Crippen molar-refractivity contribution in [2.45, 2.75) is 12.8 Å². The molecule has 1 heterocycles. The van der Waals surface area contributed by atoms with E-state index in [9.17, 15) is 4.79 Å². The van der Waals surface area contributed by atoms with Crippen LogP contribution in [0.3, 0.4) is 0 Å². The lowest BCUT2D eigenvalue weighted by molar-refractivity contribution is 0.0947. The van der Waals surface area contributed by atoms with Crippen LogP contribution in [-0.4, -0.2) is 27.4 Å². The number of nitrogen functional groups attached to an aromatic ring is 1. The van der Waals surface area contributed by atoms with Gasteiger partial charge >= 0.3 is 0 Å². The largest absolute Gasteiger partial charge is 0.382 e. The fourth-order valence-corrected chi connectivity index (χ4v) is 2.72. The molecule has 0 fully saturated rings. The molecule has 1 atom stereocenters. The van der Waals surface area contributed by atoms with Gasteiger partial charge in [0, 0.05) is 11.0 Å². The highest BCUT2D eigenvalue weighted by Crippen LogP contribution is 2.18. The van der Waals surface area contributed by atoms with Crippen LogP contribution in [0, 0.1) is 0 Å². The van der Waals surface area contributed by atoms with Crippen molar-refractivity contribution in [3.8, 4) is 5.69 Å². The van der Waals surface area contributed by atoms with Crippen molar-refractivity contribution in [1.29, 1.82) is 0 Å². The molecule has 25 heavy (non-hydrogen) atoms. The topological polar surface area (TPSA) is 85.8 Å². The zero-order valence-electron chi connectivity index (χ0n) is 13.7. The zero-order chi connectivity index (χ0) is 17.8. The second kappa shape index (κ2) is 7.48. The molecule has 0 saturated carbocycles. The smallest absolute Gasteiger partial charge is 0.275 e. The van der Waals surface area contributed by atoms with Gasteiger partial charge in [0.25, 0.3) is 5.91 Å². The first-order valence-electron chi connectivity index (χ1n) is 7.86. The van der Waals surface area contributed by atoms with Crippen LogP contribution in [0.25, 0.3) is 5.69 Å². The number of benzene rings is 2. The first kappa shape index (κ1) is 17.2. The lowest BCUT2D eigenvalue weighted by Gasteiger charge is -2.12. The molecule has 0 unspecified atom stereocenters. The summed E-state index contributed by atoms with van der Waals surface area (Å²) in [5.74, 6) is 0.0729. The molecule has 0 bridgehead atoms. The van der Waals surface area contributed by atoms with Crippen molar-refractivity contribution < 1.29 is 4.79 Å². The number of halogens is 1. The monoisotopic (exact) mass is 399 g/mol. The number of hydrogen-bond acceptors (Lipinski definition) is 4. The van der Waals surface area contributed by atoms with Crippen molar-refractivity contribution in [3.05, 3.63) is 70.3 Å². The van der Waals surface area contributed by atoms with Gasteiger partial charge in [-0.05, 0) is 35.7 Å². The van der Waals surface area contributed by atoms with E-state index < -0.39 is 0 Å². The maximum Gasteiger partial charge on any atom is 0.275 e. The second-order valence-corrected chi connectivity index (χ2v) is 6.65. The van der Waals surface area contributed by atoms with Crippen LogP contribution >= 0.6 is 15.9 Å². The number of hydrogen-bond donors (Lipinski definition) is 2. The normalized spacial score (nSPS) is 11.9. The van der Waals surface area contributed by atoms with Gasteiger partial charge in [-0.25, -0.2) is 0 Å². The SMILES string of the molecule is C[C@@H](CNC(=O)c1nnn(-c2ccc(Br)cc2)c1N)c1ccccc1. The number of carbonyl (C=O) groups excluding carboxylic acids is 1. The maximum atomic E-state index is 12.4. The molecule has 3 N–H and O–H groups in total. The van der Waals surface area contributed by atoms with E-state index in [1.807, 2.05) is 54.6 Å². The fraction of sp³-hybridized carbons (Fsp3) is 0.167. The Labute approximate surface area is 154 Å². The van der Waals surface area contributed by atoms with Crippen LogP contribution in [0.2, 0.25) is 0 Å². The fourth-order valence-electron chi connectivity index (χ4n) is 2.45. The van der Waals surface area contributed by atoms with Gasteiger partial charge in [0.1, 0.15) is 0 Å². The molecular weight excluding hydrogens is 382 g/mol. The van der Waals surface area contributed by atoms with Crippen molar-refractivity contribution in [2.24, 2.45) is 0 Å². The summed E-state index contributed by atoms with van der Waals surface area (Å²) in [5, 5.41) is 10.8. The molecule has 0 radical (unpaired) electrons. The Hall–Kier alpha value is -2.67. The molecule has 6 nitrogen and oxygen atoms in total. The molecule has 1 amide bonds. The Kier molecular flexibility index (Phi) is 5.14. The quantitative estimate of drug-likeness (QED) is 0.689. The summed E-state index contributed by atoms with van der Waals surface area (Å²) in [6.07, 6.45) is 0. The number of nitrogens with one attached hydrogen (secondary N) is 1. The highest BCUT2D eigenvalue weighted by atomic mass is 79.9. The standard InChI is InChI=1S/C18H18BrN5O/c1-12(13-5-3-2-4-6-13)11-21-18(25)16-17(20)24(23-22-16)15-9-7-14(19)8-10-15/h2-10,12H,11,20H2,1H3,(H,21,25)/t12-/m0/s1. The Bertz CT molecular complexity index is 861. The highest BCUT2D eigenvalue weighted by Gasteiger charge is 2.19. The third-order valence-electron chi connectivity index (χ3n) is 3.93. The summed E-state index contributed by atoms with van der Waals surface area (Å²) in [6, 6.07) is 17.4. The second-order valence-electron chi connectivity index (χ2n) is 5.73. The molecule has 0 aliphatic carbocycles. The molecule has 128 valence electrons. The van der Waals surface area contributed by atoms with Gasteiger partial charge in [-0.3, -0.25) is 4.79 Å². The summed E-state index contributed by atoms with van der Waals surface area (Å²) in [6.45, 7) is 2.55. The molecule has 2 aromatic carbocycles. The molecule has 3 aromatic rings. The van der Waals surface area contributed by atoms with Crippen LogP contribution in [0.1, 0.15) is 28.9 Å². The van der Waals surface area contributed by atoms with E-state index >= 15 is 0 Å². The van der Waals surface area contributed by atoms with Gasteiger partial charge < -0.3 is 11.1 Å². The van der Waals surface area contributed by atoms with Gasteiger partial charge in [-0.15, -0.1) is 5.10 Å². The number of amides is 1. The predicted octanol–water partition coefficient (Wildman–Crippen LogP) is 3.15. The van der Waals surface area contributed by atoms with Crippen LogP contribution in [0.5, 0.6) is 0 Å². The number of aromatic nitrogens is 3. The van der Waals surface area contributed by atoms with Crippen LogP contribution in [-0.2, 0) is 0 Å². The van der Waals surface area contributed by atoms with Crippen LogP contribution in [0.4, 0.5) is 5.82 Å². The van der Waals surface area contributed by atoms with E-state index in [-0.39, 0.29) is 23.3 Å². The lowest BCUT2D eigenvalue weighted by atomic mass is 10.0. The number of rotatable bonds is 5. The Morgan fingerprint density at radius 3 is 2.56 bits per heavy atom. The lowest BCUT2D eigenvalue weighted by Crippen LogP contribution is -2.28. The number of carbonyl (C=O) groups is 1. The minimum atomic E-state index is -0.330. The van der Waals surface area contributed by atoms with E-state index in [1.165, 1.54) is 4.68 Å². The van der Waals surface area contributed by atoms with E-state index in [0.29, 0.717) is 6.54 Å². The average molecular weight is 400 g/mol. The van der Waals surface area contributed by atoms with Crippen LogP contribution < -0.4 is 11.1 Å². The summed E-state index contributed by atoms with van der Waals surface area (Å²) in [5.41, 5.74) is 8.09. The van der Waals surface area contributed by atoms with Gasteiger partial charge in [-0.2, -0.15) is 4.68 Å². The van der Waals surface area contributed by atoms with Gasteiger partial charge in [0.15, 0.2) is 11.5 Å². The number of nitrogens with two attached hydrogens (primary N) is 1. The minimum Gasteiger partial charge on any atom is -0.382 e. The number of anilines is 1. The first-order valence-corrected chi connectivity index (χ1v) is 8.66. The Morgan fingerprint density at radius 1 is 1.20 bits per heavy atom. The molecule has 3 rings (SSSR count). The third kappa shape index (κ3) is 3.88. The Balaban J connectivity index is 1.70. The average Bonchev–Trinajstić information content (AvgIpc) is 3.02. The number of nitrogens with zero attached hydrogens (tertiary/aromatic N) is 3. The molecule has 0 aliphatic rings. The summed E-state index contributed by atoms with van der Waals surface area (Å²) in [7, 11) is 0. The molecule has 7 heteroatoms. The van der Waals surface area contributed by atoms with E-state index in [1.54, 1.807) is 0 Å². The first-order chi connectivity index (χ1) is 12.1.